The van der Waals surface area contributed by atoms with Gasteiger partial charge < -0.3 is 9.88 Å². The third kappa shape index (κ3) is 1.00. The average molecular weight is 212 g/mol. The number of hydrogen-bond acceptors (Lipinski definition) is 1. The Hall–Kier alpha value is -1.28. The summed E-state index contributed by atoms with van der Waals surface area (Å²) < 4.78 is 2.59. The van der Waals surface area contributed by atoms with Gasteiger partial charge in [-0.1, -0.05) is 18.2 Å². The van der Waals surface area contributed by atoms with Crippen LogP contribution in [0.3, 0.4) is 0 Å². The van der Waals surface area contributed by atoms with Crippen LogP contribution < -0.4 is 5.32 Å². The smallest absolute Gasteiger partial charge is 0.0518 e. The number of benzene rings is 1. The summed E-state index contributed by atoms with van der Waals surface area (Å²) in [6.45, 7) is 3.42. The molecule has 0 bridgehead atoms. The number of aromatic nitrogens is 1. The van der Waals surface area contributed by atoms with Crippen LogP contribution in [0.1, 0.15) is 23.2 Å². The summed E-state index contributed by atoms with van der Waals surface area (Å²) in [6.07, 6.45) is 3.76. The van der Waals surface area contributed by atoms with E-state index in [2.05, 4.69) is 28.1 Å². The fraction of sp³-hybridized carbons (Fsp3) is 0.429. The van der Waals surface area contributed by atoms with E-state index in [4.69, 9.17) is 0 Å². The Bertz CT molecular complexity index is 566. The van der Waals surface area contributed by atoms with Gasteiger partial charge in [0.1, 0.15) is 0 Å². The summed E-state index contributed by atoms with van der Waals surface area (Å²) in [4.78, 5) is 0. The van der Waals surface area contributed by atoms with Crippen molar-refractivity contribution in [1.82, 2.24) is 9.88 Å². The van der Waals surface area contributed by atoms with Crippen LogP contribution in [-0.4, -0.2) is 11.1 Å². The highest BCUT2D eigenvalue weighted by Gasteiger charge is 2.22. The molecule has 0 amide bonds. The maximum Gasteiger partial charge on any atom is 0.0518 e. The van der Waals surface area contributed by atoms with E-state index in [-0.39, 0.29) is 0 Å². The molecule has 3 heterocycles. The van der Waals surface area contributed by atoms with E-state index in [1.165, 1.54) is 36.7 Å². The van der Waals surface area contributed by atoms with Gasteiger partial charge in [-0.25, -0.2) is 0 Å². The molecule has 0 unspecified atom stereocenters. The number of fused-ring (bicyclic) bond motifs is 3. The van der Waals surface area contributed by atoms with E-state index in [9.17, 15) is 0 Å². The highest BCUT2D eigenvalue weighted by Crippen LogP contribution is 2.33. The van der Waals surface area contributed by atoms with Crippen LogP contribution in [0.25, 0.3) is 10.9 Å². The van der Waals surface area contributed by atoms with Crippen molar-refractivity contribution in [2.24, 2.45) is 0 Å². The standard InChI is InChI=1S/C14H16N2/c1-3-10-4-2-8-16-13-6-7-15-9-12(13)11(5-1)14(10)16/h1,3,5,15H,2,4,6-9H2. The zero-order valence-electron chi connectivity index (χ0n) is 9.42. The molecule has 0 aliphatic carbocycles. The van der Waals surface area contributed by atoms with Gasteiger partial charge in [-0.2, -0.15) is 0 Å². The van der Waals surface area contributed by atoms with Crippen LogP contribution in [0, 0.1) is 0 Å². The minimum atomic E-state index is 1.06. The van der Waals surface area contributed by atoms with Crippen molar-refractivity contribution >= 4 is 10.9 Å². The first kappa shape index (κ1) is 8.82. The zero-order valence-corrected chi connectivity index (χ0v) is 9.42. The molecule has 2 heteroatoms. The summed E-state index contributed by atoms with van der Waals surface area (Å²) in [5, 5.41) is 5.00. The molecule has 0 saturated carbocycles. The number of hydrogen-bond donors (Lipinski definition) is 1. The minimum absolute atomic E-state index is 1.06. The molecule has 2 aliphatic heterocycles. The summed E-state index contributed by atoms with van der Waals surface area (Å²) >= 11 is 0. The first-order valence-electron chi connectivity index (χ1n) is 6.28. The number of aryl methyl sites for hydroxylation is 2. The predicted octanol–water partition coefficient (Wildman–Crippen LogP) is 2.23. The van der Waals surface area contributed by atoms with Gasteiger partial charge >= 0.3 is 0 Å². The maximum absolute atomic E-state index is 3.50. The zero-order chi connectivity index (χ0) is 10.5. The first-order chi connectivity index (χ1) is 7.95. The van der Waals surface area contributed by atoms with E-state index >= 15 is 0 Å². The minimum Gasteiger partial charge on any atom is -0.344 e. The van der Waals surface area contributed by atoms with Crippen molar-refractivity contribution in [3.05, 3.63) is 35.0 Å². The van der Waals surface area contributed by atoms with Crippen molar-refractivity contribution in [3.8, 4) is 0 Å². The second-order valence-electron chi connectivity index (χ2n) is 4.92. The maximum atomic E-state index is 3.50. The lowest BCUT2D eigenvalue weighted by Gasteiger charge is -2.19. The monoisotopic (exact) mass is 212 g/mol. The molecule has 4 rings (SSSR count). The fourth-order valence-electron chi connectivity index (χ4n) is 3.39. The molecular formula is C14H16N2. The van der Waals surface area contributed by atoms with E-state index in [1.54, 1.807) is 16.8 Å². The highest BCUT2D eigenvalue weighted by atomic mass is 15.0. The lowest BCUT2D eigenvalue weighted by Crippen LogP contribution is -2.25. The normalized spacial score (nSPS) is 18.8. The van der Waals surface area contributed by atoms with Crippen molar-refractivity contribution in [1.29, 1.82) is 0 Å². The van der Waals surface area contributed by atoms with Gasteiger partial charge in [0.05, 0.1) is 5.52 Å². The predicted molar refractivity (Wildman–Crippen MR) is 65.7 cm³/mol. The molecule has 0 radical (unpaired) electrons. The lowest BCUT2D eigenvalue weighted by atomic mass is 10.0. The van der Waals surface area contributed by atoms with Crippen molar-refractivity contribution in [3.63, 3.8) is 0 Å². The molecule has 0 fully saturated rings. The summed E-state index contributed by atoms with van der Waals surface area (Å²) in [5.41, 5.74) is 6.24. The fourth-order valence-corrected chi connectivity index (χ4v) is 3.39. The number of nitrogens with one attached hydrogen (secondary N) is 1. The SMILES string of the molecule is c1cc2c3c(c1)c1c(n3CCC2)CCNC1. The average Bonchev–Trinajstić information content (AvgIpc) is 2.68. The van der Waals surface area contributed by atoms with E-state index in [0.717, 1.165) is 13.1 Å². The Labute approximate surface area is 95.3 Å². The lowest BCUT2D eigenvalue weighted by molar-refractivity contribution is 0.568. The summed E-state index contributed by atoms with van der Waals surface area (Å²) in [7, 11) is 0. The highest BCUT2D eigenvalue weighted by molar-refractivity contribution is 5.89. The topological polar surface area (TPSA) is 17.0 Å². The van der Waals surface area contributed by atoms with E-state index in [1.807, 2.05) is 0 Å². The van der Waals surface area contributed by atoms with Crippen molar-refractivity contribution in [2.75, 3.05) is 6.54 Å². The van der Waals surface area contributed by atoms with Crippen LogP contribution in [0.4, 0.5) is 0 Å². The molecule has 0 atom stereocenters. The van der Waals surface area contributed by atoms with Crippen LogP contribution in [0.15, 0.2) is 18.2 Å². The molecule has 2 nitrogen and oxygen atoms in total. The Morgan fingerprint density at radius 2 is 2.19 bits per heavy atom. The van der Waals surface area contributed by atoms with E-state index < -0.39 is 0 Å². The van der Waals surface area contributed by atoms with Crippen LogP contribution in [0.2, 0.25) is 0 Å². The third-order valence-corrected chi connectivity index (χ3v) is 4.06. The Morgan fingerprint density at radius 1 is 1.19 bits per heavy atom. The third-order valence-electron chi connectivity index (χ3n) is 4.06. The number of nitrogens with zero attached hydrogens (tertiary/aromatic N) is 1. The molecule has 82 valence electrons. The molecular weight excluding hydrogens is 196 g/mol. The second-order valence-corrected chi connectivity index (χ2v) is 4.92. The Balaban J connectivity index is 2.16. The van der Waals surface area contributed by atoms with E-state index in [0.29, 0.717) is 0 Å². The van der Waals surface area contributed by atoms with Gasteiger partial charge in [0.25, 0.3) is 0 Å². The van der Waals surface area contributed by atoms with Gasteiger partial charge in [0, 0.05) is 37.1 Å². The molecule has 16 heavy (non-hydrogen) atoms. The molecule has 1 N–H and O–H groups in total. The molecule has 2 aromatic rings. The van der Waals surface area contributed by atoms with Gasteiger partial charge in [0.15, 0.2) is 0 Å². The number of rotatable bonds is 0. The quantitative estimate of drug-likeness (QED) is 0.708. The van der Waals surface area contributed by atoms with Crippen LogP contribution in [0.5, 0.6) is 0 Å². The number of para-hydroxylation sites is 1. The molecule has 1 aromatic carbocycles. The van der Waals surface area contributed by atoms with Gasteiger partial charge in [-0.3, -0.25) is 0 Å². The molecule has 1 aromatic heterocycles. The molecule has 0 saturated heterocycles. The molecule has 2 aliphatic rings. The largest absolute Gasteiger partial charge is 0.344 e. The van der Waals surface area contributed by atoms with Gasteiger partial charge in [0.2, 0.25) is 0 Å². The first-order valence-corrected chi connectivity index (χ1v) is 6.28. The summed E-state index contributed by atoms with van der Waals surface area (Å²) in [5.74, 6) is 0. The Morgan fingerprint density at radius 3 is 3.19 bits per heavy atom. The van der Waals surface area contributed by atoms with Gasteiger partial charge in [-0.15, -0.1) is 0 Å². The van der Waals surface area contributed by atoms with Gasteiger partial charge in [-0.05, 0) is 24.0 Å². The van der Waals surface area contributed by atoms with Crippen molar-refractivity contribution in [2.45, 2.75) is 32.4 Å². The second kappa shape index (κ2) is 3.11. The van der Waals surface area contributed by atoms with Crippen molar-refractivity contribution < 1.29 is 0 Å². The Kier molecular flexibility index (Phi) is 1.71. The molecule has 0 spiro atoms. The summed E-state index contributed by atoms with van der Waals surface area (Å²) in [6, 6.07) is 6.82. The van der Waals surface area contributed by atoms with Crippen LogP contribution in [-0.2, 0) is 25.9 Å². The van der Waals surface area contributed by atoms with Crippen LogP contribution >= 0.6 is 0 Å².